The first kappa shape index (κ1) is 18.1. The number of hydrogen-bond acceptors (Lipinski definition) is 2. The van der Waals surface area contributed by atoms with E-state index in [0.717, 1.165) is 0 Å². The van der Waals surface area contributed by atoms with Gasteiger partial charge in [-0.05, 0) is 85.8 Å². The van der Waals surface area contributed by atoms with E-state index in [-0.39, 0.29) is 0 Å². The predicted molar refractivity (Wildman–Crippen MR) is 137 cm³/mol. The van der Waals surface area contributed by atoms with Crippen LogP contribution < -0.4 is 0 Å². The Labute approximate surface area is 184 Å². The SMILES string of the molecule is Cc1ccc2sc3cc(-c4ccc5sc6c(C)cccc6c5c4C)c(C)cc3c2c1. The molecule has 0 N–H and O–H groups in total. The van der Waals surface area contributed by atoms with Gasteiger partial charge in [0.15, 0.2) is 0 Å². The van der Waals surface area contributed by atoms with Crippen LogP contribution in [0.4, 0.5) is 0 Å². The topological polar surface area (TPSA) is 0 Å². The van der Waals surface area contributed by atoms with E-state index in [1.54, 1.807) is 0 Å². The summed E-state index contributed by atoms with van der Waals surface area (Å²) in [7, 11) is 0. The normalized spacial score (nSPS) is 12.0. The van der Waals surface area contributed by atoms with Crippen LogP contribution in [0.5, 0.6) is 0 Å². The average Bonchev–Trinajstić information content (AvgIpc) is 3.27. The van der Waals surface area contributed by atoms with Crippen LogP contribution in [-0.4, -0.2) is 0 Å². The van der Waals surface area contributed by atoms with Crippen LogP contribution in [-0.2, 0) is 0 Å². The molecule has 6 rings (SSSR count). The van der Waals surface area contributed by atoms with Crippen molar-refractivity contribution in [3.05, 3.63) is 82.9 Å². The van der Waals surface area contributed by atoms with E-state index < -0.39 is 0 Å². The summed E-state index contributed by atoms with van der Waals surface area (Å²) in [4.78, 5) is 0. The lowest BCUT2D eigenvalue weighted by Crippen LogP contribution is -1.88. The molecule has 4 aromatic carbocycles. The Bertz CT molecular complexity index is 1630. The molecule has 2 heterocycles. The zero-order valence-electron chi connectivity index (χ0n) is 17.6. The molecule has 0 radical (unpaired) electrons. The van der Waals surface area contributed by atoms with E-state index in [0.29, 0.717) is 0 Å². The highest BCUT2D eigenvalue weighted by Crippen LogP contribution is 2.43. The molecule has 0 unspecified atom stereocenters. The summed E-state index contributed by atoms with van der Waals surface area (Å²) < 4.78 is 5.55. The molecule has 0 atom stereocenters. The molecule has 0 aliphatic rings. The van der Waals surface area contributed by atoms with E-state index in [1.165, 1.54) is 73.7 Å². The summed E-state index contributed by atoms with van der Waals surface area (Å²) >= 11 is 3.83. The highest BCUT2D eigenvalue weighted by atomic mass is 32.1. The number of benzene rings is 4. The minimum absolute atomic E-state index is 1.32. The van der Waals surface area contributed by atoms with Gasteiger partial charge in [-0.1, -0.05) is 35.9 Å². The van der Waals surface area contributed by atoms with Gasteiger partial charge in [0.2, 0.25) is 0 Å². The summed E-state index contributed by atoms with van der Waals surface area (Å²) in [6.45, 7) is 8.95. The first-order chi connectivity index (χ1) is 14.5. The lowest BCUT2D eigenvalue weighted by molar-refractivity contribution is 1.46. The summed E-state index contributed by atoms with van der Waals surface area (Å²) in [6.07, 6.45) is 0. The van der Waals surface area contributed by atoms with E-state index in [4.69, 9.17) is 0 Å². The van der Waals surface area contributed by atoms with Crippen LogP contribution in [0.2, 0.25) is 0 Å². The first-order valence-corrected chi connectivity index (χ1v) is 12.0. The molecule has 0 saturated carbocycles. The smallest absolute Gasteiger partial charge is 0.0384 e. The molecular formula is C28H22S2. The van der Waals surface area contributed by atoms with Crippen LogP contribution in [0.25, 0.3) is 51.5 Å². The number of aryl methyl sites for hydroxylation is 4. The van der Waals surface area contributed by atoms with Crippen molar-refractivity contribution in [3.63, 3.8) is 0 Å². The molecule has 0 fully saturated rings. The molecule has 0 nitrogen and oxygen atoms in total. The van der Waals surface area contributed by atoms with E-state index in [9.17, 15) is 0 Å². The Kier molecular flexibility index (Phi) is 3.87. The fourth-order valence-electron chi connectivity index (χ4n) is 4.83. The Morgan fingerprint density at radius 3 is 2.23 bits per heavy atom. The van der Waals surface area contributed by atoms with Gasteiger partial charge < -0.3 is 0 Å². The summed E-state index contributed by atoms with van der Waals surface area (Å²) in [5.41, 5.74) is 8.15. The summed E-state index contributed by atoms with van der Waals surface area (Å²) in [6, 6.07) is 22.9. The number of hydrogen-bond donors (Lipinski definition) is 0. The van der Waals surface area contributed by atoms with Crippen LogP contribution in [0.1, 0.15) is 22.3 Å². The van der Waals surface area contributed by atoms with Crippen molar-refractivity contribution < 1.29 is 0 Å². The molecular weight excluding hydrogens is 400 g/mol. The largest absolute Gasteiger partial charge is 0.135 e. The van der Waals surface area contributed by atoms with Crippen LogP contribution >= 0.6 is 22.7 Å². The van der Waals surface area contributed by atoms with Gasteiger partial charge in [0.05, 0.1) is 0 Å². The van der Waals surface area contributed by atoms with Gasteiger partial charge in [0.1, 0.15) is 0 Å². The third-order valence-corrected chi connectivity index (χ3v) is 8.82. The van der Waals surface area contributed by atoms with E-state index >= 15 is 0 Å². The van der Waals surface area contributed by atoms with E-state index in [1.807, 2.05) is 22.7 Å². The predicted octanol–water partition coefficient (Wildman–Crippen LogP) is 9.32. The fraction of sp³-hybridized carbons (Fsp3) is 0.143. The van der Waals surface area contributed by atoms with Crippen molar-refractivity contribution in [2.75, 3.05) is 0 Å². The van der Waals surface area contributed by atoms with Crippen LogP contribution in [0.3, 0.4) is 0 Å². The third-order valence-electron chi connectivity index (χ3n) is 6.38. The van der Waals surface area contributed by atoms with Crippen molar-refractivity contribution in [2.45, 2.75) is 27.7 Å². The maximum Gasteiger partial charge on any atom is 0.0384 e. The highest BCUT2D eigenvalue weighted by Gasteiger charge is 2.15. The monoisotopic (exact) mass is 422 g/mol. The molecule has 0 spiro atoms. The van der Waals surface area contributed by atoms with Crippen molar-refractivity contribution in [1.82, 2.24) is 0 Å². The van der Waals surface area contributed by atoms with Crippen LogP contribution in [0.15, 0.2) is 60.7 Å². The molecule has 0 bridgehead atoms. The average molecular weight is 423 g/mol. The standard InChI is InChI=1S/C28H22S2/c1-15-8-10-24-22(12-15)23-13-17(3)21(14-26(23)29-24)19-9-11-25-27(18(19)4)20-7-5-6-16(2)28(20)30-25/h5-14H,1-4H3. The number of fused-ring (bicyclic) bond motifs is 6. The molecule has 146 valence electrons. The van der Waals surface area contributed by atoms with Gasteiger partial charge in [0, 0.05) is 40.3 Å². The molecule has 6 aromatic rings. The Balaban J connectivity index is 1.65. The van der Waals surface area contributed by atoms with Gasteiger partial charge in [-0.25, -0.2) is 0 Å². The van der Waals surface area contributed by atoms with Gasteiger partial charge in [0.25, 0.3) is 0 Å². The summed E-state index contributed by atoms with van der Waals surface area (Å²) in [5, 5.41) is 5.58. The zero-order valence-corrected chi connectivity index (χ0v) is 19.2. The zero-order chi connectivity index (χ0) is 20.6. The maximum absolute atomic E-state index is 2.42. The van der Waals surface area contributed by atoms with Gasteiger partial charge in [-0.3, -0.25) is 0 Å². The molecule has 0 amide bonds. The lowest BCUT2D eigenvalue weighted by atomic mass is 9.92. The Morgan fingerprint density at radius 2 is 1.37 bits per heavy atom. The molecule has 2 aromatic heterocycles. The first-order valence-electron chi connectivity index (χ1n) is 10.4. The van der Waals surface area contributed by atoms with Crippen LogP contribution in [0, 0.1) is 27.7 Å². The second kappa shape index (κ2) is 6.41. The molecule has 2 heteroatoms. The molecule has 0 aliphatic heterocycles. The fourth-order valence-corrected chi connectivity index (χ4v) is 7.17. The van der Waals surface area contributed by atoms with Crippen molar-refractivity contribution in [2.24, 2.45) is 0 Å². The number of thiophene rings is 2. The van der Waals surface area contributed by atoms with Gasteiger partial charge in [-0.2, -0.15) is 0 Å². The third kappa shape index (κ3) is 2.50. The molecule has 0 aliphatic carbocycles. The molecule has 0 saturated heterocycles. The quantitative estimate of drug-likeness (QED) is 0.247. The highest BCUT2D eigenvalue weighted by molar-refractivity contribution is 7.26. The minimum atomic E-state index is 1.32. The maximum atomic E-state index is 2.42. The lowest BCUT2D eigenvalue weighted by Gasteiger charge is -2.12. The second-order valence-electron chi connectivity index (χ2n) is 8.43. The minimum Gasteiger partial charge on any atom is -0.135 e. The number of rotatable bonds is 1. The second-order valence-corrected chi connectivity index (χ2v) is 10.6. The van der Waals surface area contributed by atoms with Crippen molar-refractivity contribution >= 4 is 63.0 Å². The van der Waals surface area contributed by atoms with Gasteiger partial charge >= 0.3 is 0 Å². The summed E-state index contributed by atoms with van der Waals surface area (Å²) in [5.74, 6) is 0. The molecule has 30 heavy (non-hydrogen) atoms. The Morgan fingerprint density at radius 1 is 0.567 bits per heavy atom. The van der Waals surface area contributed by atoms with Crippen molar-refractivity contribution in [3.8, 4) is 11.1 Å². The van der Waals surface area contributed by atoms with Gasteiger partial charge in [-0.15, -0.1) is 22.7 Å². The van der Waals surface area contributed by atoms with E-state index in [2.05, 4.69) is 88.4 Å². The Hall–Kier alpha value is -2.68. The van der Waals surface area contributed by atoms with Crippen molar-refractivity contribution in [1.29, 1.82) is 0 Å².